The molecule has 114 valence electrons. The molecule has 1 saturated heterocycles. The van der Waals surface area contributed by atoms with Crippen LogP contribution in [0.4, 0.5) is 5.69 Å². The normalized spacial score (nSPS) is 19.0. The van der Waals surface area contributed by atoms with E-state index in [9.17, 15) is 9.59 Å². The largest absolute Gasteiger partial charge is 0.342 e. The van der Waals surface area contributed by atoms with Gasteiger partial charge in [-0.2, -0.15) is 0 Å². The number of nitrogens with zero attached hydrogens (tertiary/aromatic N) is 1. The summed E-state index contributed by atoms with van der Waals surface area (Å²) in [6, 6.07) is 7.92. The summed E-state index contributed by atoms with van der Waals surface area (Å²) in [6.45, 7) is 9.60. The van der Waals surface area contributed by atoms with E-state index in [1.54, 1.807) is 4.90 Å². The van der Waals surface area contributed by atoms with Crippen molar-refractivity contribution in [3.8, 4) is 0 Å². The maximum absolute atomic E-state index is 12.2. The van der Waals surface area contributed by atoms with E-state index in [1.165, 1.54) is 5.56 Å². The highest BCUT2D eigenvalue weighted by molar-refractivity contribution is 5.97. The van der Waals surface area contributed by atoms with Gasteiger partial charge in [0.15, 0.2) is 0 Å². The van der Waals surface area contributed by atoms with Gasteiger partial charge in [-0.3, -0.25) is 9.59 Å². The van der Waals surface area contributed by atoms with Crippen LogP contribution in [0, 0.1) is 5.92 Å². The molecule has 2 rings (SSSR count). The van der Waals surface area contributed by atoms with Gasteiger partial charge in [0.25, 0.3) is 0 Å². The molecule has 0 aliphatic carbocycles. The van der Waals surface area contributed by atoms with Crippen molar-refractivity contribution in [1.29, 1.82) is 0 Å². The van der Waals surface area contributed by atoms with Gasteiger partial charge in [-0.05, 0) is 30.0 Å². The minimum atomic E-state index is -0.236. The molecule has 1 unspecified atom stereocenters. The van der Waals surface area contributed by atoms with Gasteiger partial charge >= 0.3 is 0 Å². The fourth-order valence-electron chi connectivity index (χ4n) is 2.55. The average molecular weight is 288 g/mol. The number of likely N-dealkylation sites (tertiary alicyclic amines) is 1. The van der Waals surface area contributed by atoms with Crippen molar-refractivity contribution in [3.63, 3.8) is 0 Å². The molecule has 1 heterocycles. The molecule has 4 nitrogen and oxygen atoms in total. The first-order valence-electron chi connectivity index (χ1n) is 7.50. The van der Waals surface area contributed by atoms with Crippen LogP contribution in [0.3, 0.4) is 0 Å². The van der Waals surface area contributed by atoms with Crippen molar-refractivity contribution in [2.45, 2.75) is 39.5 Å². The summed E-state index contributed by atoms with van der Waals surface area (Å²) in [6.07, 6.45) is 0.319. The zero-order chi connectivity index (χ0) is 15.6. The third-order valence-electron chi connectivity index (χ3n) is 3.99. The number of nitrogens with one attached hydrogen (secondary N) is 1. The van der Waals surface area contributed by atoms with Crippen molar-refractivity contribution < 1.29 is 9.59 Å². The highest BCUT2D eigenvalue weighted by Crippen LogP contribution is 2.24. The highest BCUT2D eigenvalue weighted by atomic mass is 16.2. The molecule has 0 saturated carbocycles. The third-order valence-corrected chi connectivity index (χ3v) is 3.99. The lowest BCUT2D eigenvalue weighted by Crippen LogP contribution is -2.28. The van der Waals surface area contributed by atoms with E-state index in [0.717, 1.165) is 5.69 Å². The molecule has 0 spiro atoms. The van der Waals surface area contributed by atoms with Gasteiger partial charge in [0, 0.05) is 25.2 Å². The van der Waals surface area contributed by atoms with Crippen LogP contribution < -0.4 is 5.32 Å². The Morgan fingerprint density at radius 3 is 2.38 bits per heavy atom. The Labute approximate surface area is 126 Å². The Morgan fingerprint density at radius 1 is 1.29 bits per heavy atom. The lowest BCUT2D eigenvalue weighted by atomic mass is 9.87. The summed E-state index contributed by atoms with van der Waals surface area (Å²) < 4.78 is 0. The van der Waals surface area contributed by atoms with Crippen molar-refractivity contribution in [3.05, 3.63) is 29.8 Å². The van der Waals surface area contributed by atoms with Crippen LogP contribution >= 0.6 is 0 Å². The van der Waals surface area contributed by atoms with Crippen molar-refractivity contribution >= 4 is 17.5 Å². The molecule has 1 aliphatic heterocycles. The van der Waals surface area contributed by atoms with Crippen LogP contribution in [0.5, 0.6) is 0 Å². The molecule has 0 bridgehead atoms. The summed E-state index contributed by atoms with van der Waals surface area (Å²) in [5, 5.41) is 2.91. The number of carbonyl (C=O) groups is 2. The Morgan fingerprint density at radius 2 is 1.90 bits per heavy atom. The first kappa shape index (κ1) is 15.5. The van der Waals surface area contributed by atoms with E-state index >= 15 is 0 Å². The SMILES string of the molecule is CCN1CC(C(=O)Nc2ccc(C(C)(C)C)cc2)CC1=O. The van der Waals surface area contributed by atoms with Crippen molar-refractivity contribution in [2.75, 3.05) is 18.4 Å². The molecule has 0 aromatic heterocycles. The maximum Gasteiger partial charge on any atom is 0.229 e. The number of hydrogen-bond donors (Lipinski definition) is 1. The Kier molecular flexibility index (Phi) is 4.35. The van der Waals surface area contributed by atoms with Gasteiger partial charge in [-0.25, -0.2) is 0 Å². The third kappa shape index (κ3) is 3.63. The molecule has 1 aromatic rings. The number of rotatable bonds is 3. The van der Waals surface area contributed by atoms with Gasteiger partial charge in [-0.1, -0.05) is 32.9 Å². The average Bonchev–Trinajstić information content (AvgIpc) is 2.79. The Bertz CT molecular complexity index is 529. The van der Waals surface area contributed by atoms with Gasteiger partial charge in [-0.15, -0.1) is 0 Å². The first-order chi connectivity index (χ1) is 9.81. The van der Waals surface area contributed by atoms with E-state index in [4.69, 9.17) is 0 Å². The van der Waals surface area contributed by atoms with Crippen LogP contribution in [-0.4, -0.2) is 29.8 Å². The summed E-state index contributed by atoms with van der Waals surface area (Å²) in [5.74, 6) is -0.233. The van der Waals surface area contributed by atoms with Crippen LogP contribution in [0.1, 0.15) is 39.7 Å². The van der Waals surface area contributed by atoms with Crippen molar-refractivity contribution in [2.24, 2.45) is 5.92 Å². The van der Waals surface area contributed by atoms with E-state index < -0.39 is 0 Å². The van der Waals surface area contributed by atoms with Crippen LogP contribution in [-0.2, 0) is 15.0 Å². The molecule has 21 heavy (non-hydrogen) atoms. The van der Waals surface area contributed by atoms with E-state index in [0.29, 0.717) is 19.5 Å². The molecular formula is C17H24N2O2. The summed E-state index contributed by atoms with van der Waals surface area (Å²) in [7, 11) is 0. The molecular weight excluding hydrogens is 264 g/mol. The molecule has 4 heteroatoms. The van der Waals surface area contributed by atoms with Crippen molar-refractivity contribution in [1.82, 2.24) is 4.90 Å². The highest BCUT2D eigenvalue weighted by Gasteiger charge is 2.33. The van der Waals surface area contributed by atoms with E-state index in [1.807, 2.05) is 31.2 Å². The second-order valence-corrected chi connectivity index (χ2v) is 6.65. The number of hydrogen-bond acceptors (Lipinski definition) is 2. The molecule has 1 fully saturated rings. The minimum Gasteiger partial charge on any atom is -0.342 e. The summed E-state index contributed by atoms with van der Waals surface area (Å²) >= 11 is 0. The van der Waals surface area contributed by atoms with Crippen LogP contribution in [0.25, 0.3) is 0 Å². The van der Waals surface area contributed by atoms with Crippen LogP contribution in [0.15, 0.2) is 24.3 Å². The quantitative estimate of drug-likeness (QED) is 0.929. The van der Waals surface area contributed by atoms with Gasteiger partial charge < -0.3 is 10.2 Å². The zero-order valence-corrected chi connectivity index (χ0v) is 13.3. The minimum absolute atomic E-state index is 0.0668. The monoisotopic (exact) mass is 288 g/mol. The molecule has 2 amide bonds. The fourth-order valence-corrected chi connectivity index (χ4v) is 2.55. The molecule has 1 N–H and O–H groups in total. The van der Waals surface area contributed by atoms with Gasteiger partial charge in [0.1, 0.15) is 0 Å². The predicted octanol–water partition coefficient (Wildman–Crippen LogP) is 2.79. The smallest absolute Gasteiger partial charge is 0.229 e. The maximum atomic E-state index is 12.2. The number of carbonyl (C=O) groups excluding carboxylic acids is 2. The van der Waals surface area contributed by atoms with Crippen LogP contribution in [0.2, 0.25) is 0 Å². The topological polar surface area (TPSA) is 49.4 Å². The Hall–Kier alpha value is -1.84. The second-order valence-electron chi connectivity index (χ2n) is 6.65. The molecule has 1 aromatic carbocycles. The van der Waals surface area contributed by atoms with E-state index in [-0.39, 0.29) is 23.1 Å². The first-order valence-corrected chi connectivity index (χ1v) is 7.50. The summed E-state index contributed by atoms with van der Waals surface area (Å²) in [4.78, 5) is 25.6. The number of anilines is 1. The fraction of sp³-hybridized carbons (Fsp3) is 0.529. The van der Waals surface area contributed by atoms with E-state index in [2.05, 4.69) is 26.1 Å². The molecule has 0 radical (unpaired) electrons. The lowest BCUT2D eigenvalue weighted by molar-refractivity contribution is -0.128. The van der Waals surface area contributed by atoms with Gasteiger partial charge in [0.2, 0.25) is 11.8 Å². The lowest BCUT2D eigenvalue weighted by Gasteiger charge is -2.19. The standard InChI is InChI=1S/C17H24N2O2/c1-5-19-11-12(10-15(19)20)16(21)18-14-8-6-13(7-9-14)17(2,3)4/h6-9,12H,5,10-11H2,1-4H3,(H,18,21). The number of benzene rings is 1. The Balaban J connectivity index is 1.99. The molecule has 1 aliphatic rings. The zero-order valence-electron chi connectivity index (χ0n) is 13.3. The predicted molar refractivity (Wildman–Crippen MR) is 84.1 cm³/mol. The number of amides is 2. The molecule has 1 atom stereocenters. The van der Waals surface area contributed by atoms with Gasteiger partial charge in [0.05, 0.1) is 5.92 Å². The second kappa shape index (κ2) is 5.88. The summed E-state index contributed by atoms with van der Waals surface area (Å²) in [5.41, 5.74) is 2.12.